The highest BCUT2D eigenvalue weighted by Gasteiger charge is 2.24. The van der Waals surface area contributed by atoms with Gasteiger partial charge >= 0.3 is 6.09 Å². The number of aromatic nitrogens is 1. The van der Waals surface area contributed by atoms with Crippen molar-refractivity contribution >= 4 is 28.4 Å². The number of carbonyl (C=O) groups excluding carboxylic acids is 1. The number of hydrogen-bond donors (Lipinski definition) is 2. The highest BCUT2D eigenvalue weighted by molar-refractivity contribution is 5.96. The maximum atomic E-state index is 15.8. The van der Waals surface area contributed by atoms with Gasteiger partial charge in [0.2, 0.25) is 0 Å². The molecule has 4 aromatic rings. The van der Waals surface area contributed by atoms with Crippen molar-refractivity contribution in [1.82, 2.24) is 4.98 Å². The summed E-state index contributed by atoms with van der Waals surface area (Å²) >= 11 is 0. The second-order valence-corrected chi connectivity index (χ2v) is 9.41. The van der Waals surface area contributed by atoms with E-state index < -0.39 is 6.09 Å². The van der Waals surface area contributed by atoms with Gasteiger partial charge in [-0.25, -0.2) is 9.18 Å². The third kappa shape index (κ3) is 3.83. The van der Waals surface area contributed by atoms with Gasteiger partial charge in [-0.3, -0.25) is 5.32 Å². The third-order valence-electron chi connectivity index (χ3n) is 7.37. The van der Waals surface area contributed by atoms with Crippen LogP contribution in [0.4, 0.5) is 20.6 Å². The lowest BCUT2D eigenvalue weighted by atomic mass is 9.88. The maximum Gasteiger partial charge on any atom is 0.411 e. The number of carbonyl (C=O) groups is 1. The van der Waals surface area contributed by atoms with Crippen LogP contribution in [0.2, 0.25) is 0 Å². The summed E-state index contributed by atoms with van der Waals surface area (Å²) in [5, 5.41) is 3.66. The number of piperidine rings is 1. The molecule has 1 saturated heterocycles. The Balaban J connectivity index is 1.35. The fourth-order valence-corrected chi connectivity index (χ4v) is 5.55. The minimum atomic E-state index is -0.495. The number of ether oxygens (including phenoxy) is 1. The molecule has 2 aliphatic rings. The van der Waals surface area contributed by atoms with Crippen molar-refractivity contribution in [2.75, 3.05) is 30.4 Å². The Labute approximate surface area is 203 Å². The Morgan fingerprint density at radius 2 is 1.74 bits per heavy atom. The Morgan fingerprint density at radius 3 is 2.51 bits per heavy atom. The van der Waals surface area contributed by atoms with Crippen molar-refractivity contribution in [2.45, 2.75) is 32.1 Å². The van der Waals surface area contributed by atoms with E-state index in [1.54, 1.807) is 0 Å². The van der Waals surface area contributed by atoms with Crippen molar-refractivity contribution < 1.29 is 13.9 Å². The molecule has 0 atom stereocenters. The van der Waals surface area contributed by atoms with Crippen LogP contribution in [0.15, 0.2) is 54.6 Å². The van der Waals surface area contributed by atoms with Gasteiger partial charge in [0, 0.05) is 41.0 Å². The molecule has 1 aromatic heterocycles. The number of rotatable bonds is 3. The van der Waals surface area contributed by atoms with Gasteiger partial charge in [-0.1, -0.05) is 30.3 Å². The predicted molar refractivity (Wildman–Crippen MR) is 139 cm³/mol. The molecule has 1 fully saturated rings. The summed E-state index contributed by atoms with van der Waals surface area (Å²) in [6.07, 6.45) is 4.91. The molecule has 0 spiro atoms. The zero-order valence-electron chi connectivity index (χ0n) is 19.8. The zero-order valence-corrected chi connectivity index (χ0v) is 19.8. The molecule has 1 aliphatic carbocycles. The largest absolute Gasteiger partial charge is 0.453 e. The van der Waals surface area contributed by atoms with Crippen LogP contribution < -0.4 is 10.2 Å². The number of nitrogens with zero attached hydrogens (tertiary/aromatic N) is 1. The maximum absolute atomic E-state index is 15.8. The first-order valence-electron chi connectivity index (χ1n) is 12.3. The smallest absolute Gasteiger partial charge is 0.411 e. The topological polar surface area (TPSA) is 57.4 Å². The Bertz CT molecular complexity index is 1420. The van der Waals surface area contributed by atoms with Gasteiger partial charge in [-0.05, 0) is 73.1 Å². The van der Waals surface area contributed by atoms with Gasteiger partial charge in [0.1, 0.15) is 0 Å². The zero-order chi connectivity index (χ0) is 23.9. The number of fused-ring (bicyclic) bond motifs is 5. The fourth-order valence-electron chi connectivity index (χ4n) is 5.55. The molecule has 0 radical (unpaired) electrons. The second kappa shape index (κ2) is 8.77. The highest BCUT2D eigenvalue weighted by Crippen LogP contribution is 2.41. The molecular formula is C29H28FN3O2. The van der Waals surface area contributed by atoms with E-state index >= 15 is 4.39 Å². The van der Waals surface area contributed by atoms with E-state index in [-0.39, 0.29) is 5.82 Å². The number of benzene rings is 3. The number of nitrogens with one attached hydrogen (secondary N) is 2. The Kier molecular flexibility index (Phi) is 5.44. The molecule has 0 saturated carbocycles. The van der Waals surface area contributed by atoms with Crippen LogP contribution >= 0.6 is 0 Å². The standard InChI is InChI=1S/C29H28FN3O2/c1-35-29(34)31-20-8-12-23-19(17-20)7-11-24-25-14-13-22(26(30)28(25)32-27(23)24)18-5-9-21(10-6-18)33-15-3-2-4-16-33/h5-6,8-10,12-14,17,32H,2-4,7,11,15-16H2,1H3,(H,31,34). The number of aryl methyl sites for hydroxylation is 2. The molecule has 2 heterocycles. The normalized spacial score (nSPS) is 15.0. The van der Waals surface area contributed by atoms with Crippen molar-refractivity contribution in [1.29, 1.82) is 0 Å². The summed E-state index contributed by atoms with van der Waals surface area (Å²) in [6.45, 7) is 2.19. The van der Waals surface area contributed by atoms with Crippen molar-refractivity contribution in [2.24, 2.45) is 0 Å². The highest BCUT2D eigenvalue weighted by atomic mass is 19.1. The van der Waals surface area contributed by atoms with E-state index in [2.05, 4.69) is 27.3 Å². The number of anilines is 2. The molecule has 3 aromatic carbocycles. The van der Waals surface area contributed by atoms with Gasteiger partial charge in [0.25, 0.3) is 0 Å². The van der Waals surface area contributed by atoms with Gasteiger partial charge in [-0.2, -0.15) is 0 Å². The van der Waals surface area contributed by atoms with Gasteiger partial charge in [-0.15, -0.1) is 0 Å². The van der Waals surface area contributed by atoms with E-state index in [1.165, 1.54) is 32.1 Å². The van der Waals surface area contributed by atoms with E-state index in [1.807, 2.05) is 42.5 Å². The number of hydrogen-bond acceptors (Lipinski definition) is 3. The molecule has 5 nitrogen and oxygen atoms in total. The van der Waals surface area contributed by atoms with Gasteiger partial charge in [0.05, 0.1) is 18.3 Å². The molecule has 2 N–H and O–H groups in total. The molecular weight excluding hydrogens is 441 g/mol. The first kappa shape index (κ1) is 21.7. The van der Waals surface area contributed by atoms with Crippen LogP contribution in [-0.2, 0) is 17.6 Å². The number of halogens is 1. The lowest BCUT2D eigenvalue weighted by Gasteiger charge is -2.28. The summed E-state index contributed by atoms with van der Waals surface area (Å²) in [6, 6.07) is 18.0. The summed E-state index contributed by atoms with van der Waals surface area (Å²) < 4.78 is 20.5. The Hall–Kier alpha value is -3.80. The van der Waals surface area contributed by atoms with E-state index in [0.29, 0.717) is 16.8 Å². The molecule has 1 aliphatic heterocycles. The van der Waals surface area contributed by atoms with Crippen LogP contribution in [0.5, 0.6) is 0 Å². The lowest BCUT2D eigenvalue weighted by molar-refractivity contribution is 0.187. The minimum Gasteiger partial charge on any atom is -0.453 e. The summed E-state index contributed by atoms with van der Waals surface area (Å²) in [4.78, 5) is 17.4. The number of H-pyrrole nitrogens is 1. The monoisotopic (exact) mass is 469 g/mol. The first-order chi connectivity index (χ1) is 17.1. The molecule has 6 heteroatoms. The number of amides is 1. The fraction of sp³-hybridized carbons (Fsp3) is 0.276. The van der Waals surface area contributed by atoms with Crippen LogP contribution in [0, 0.1) is 5.82 Å². The summed E-state index contributed by atoms with van der Waals surface area (Å²) in [5.41, 5.74) is 8.22. The summed E-state index contributed by atoms with van der Waals surface area (Å²) in [7, 11) is 1.34. The summed E-state index contributed by atoms with van der Waals surface area (Å²) in [5.74, 6) is -0.215. The Morgan fingerprint density at radius 1 is 0.971 bits per heavy atom. The average molecular weight is 470 g/mol. The van der Waals surface area contributed by atoms with Crippen molar-refractivity contribution in [3.05, 3.63) is 71.5 Å². The van der Waals surface area contributed by atoms with Crippen LogP contribution in [-0.4, -0.2) is 31.3 Å². The van der Waals surface area contributed by atoms with Crippen LogP contribution in [0.3, 0.4) is 0 Å². The molecule has 0 unspecified atom stereocenters. The SMILES string of the molecule is COC(=O)Nc1ccc2c(c1)CCc1c-2[nH]c2c(F)c(-c3ccc(N4CCCCC4)cc3)ccc12. The lowest BCUT2D eigenvalue weighted by Crippen LogP contribution is -2.29. The average Bonchev–Trinajstić information content (AvgIpc) is 3.29. The number of aromatic amines is 1. The first-order valence-corrected chi connectivity index (χ1v) is 12.3. The van der Waals surface area contributed by atoms with Gasteiger partial charge < -0.3 is 14.6 Å². The van der Waals surface area contributed by atoms with E-state index in [4.69, 9.17) is 4.74 Å². The third-order valence-corrected chi connectivity index (χ3v) is 7.37. The molecule has 6 rings (SSSR count). The van der Waals surface area contributed by atoms with Crippen LogP contribution in [0.1, 0.15) is 30.4 Å². The minimum absolute atomic E-state index is 0.215. The second-order valence-electron chi connectivity index (χ2n) is 9.41. The molecule has 0 bridgehead atoms. The van der Waals surface area contributed by atoms with Crippen LogP contribution in [0.25, 0.3) is 33.3 Å². The molecule has 178 valence electrons. The van der Waals surface area contributed by atoms with Crippen molar-refractivity contribution in [3.8, 4) is 22.4 Å². The molecule has 1 amide bonds. The number of methoxy groups -OCH3 is 1. The van der Waals surface area contributed by atoms with Crippen molar-refractivity contribution in [3.63, 3.8) is 0 Å². The van der Waals surface area contributed by atoms with E-state index in [9.17, 15) is 4.79 Å². The van der Waals surface area contributed by atoms with Gasteiger partial charge in [0.15, 0.2) is 5.82 Å². The van der Waals surface area contributed by atoms with E-state index in [0.717, 1.165) is 59.3 Å². The predicted octanol–water partition coefficient (Wildman–Crippen LogP) is 6.91. The molecule has 35 heavy (non-hydrogen) atoms. The quantitative estimate of drug-likeness (QED) is 0.343.